The molecule has 1 saturated heterocycles. The SMILES string of the molecule is Cc1cc(N(C)C2CCN(C(=O)c3c[nH]c(=O)[nH]3)CC2)ncn1. The summed E-state index contributed by atoms with van der Waals surface area (Å²) >= 11 is 0. The molecule has 0 atom stereocenters. The average Bonchev–Trinajstić information content (AvgIpc) is 3.00. The highest BCUT2D eigenvalue weighted by Gasteiger charge is 2.27. The van der Waals surface area contributed by atoms with E-state index in [0.717, 1.165) is 24.4 Å². The van der Waals surface area contributed by atoms with Crippen molar-refractivity contribution in [3.05, 3.63) is 40.5 Å². The number of carbonyl (C=O) groups is 1. The summed E-state index contributed by atoms with van der Waals surface area (Å²) in [6.45, 7) is 3.26. The monoisotopic (exact) mass is 316 g/mol. The molecular weight excluding hydrogens is 296 g/mol. The summed E-state index contributed by atoms with van der Waals surface area (Å²) in [7, 11) is 2.02. The number of aromatic amines is 2. The molecule has 2 aromatic heterocycles. The molecule has 2 aromatic rings. The van der Waals surface area contributed by atoms with E-state index in [0.29, 0.717) is 24.8 Å². The molecule has 0 aromatic carbocycles. The van der Waals surface area contributed by atoms with Gasteiger partial charge in [0.05, 0.1) is 0 Å². The van der Waals surface area contributed by atoms with E-state index in [1.54, 1.807) is 11.2 Å². The van der Waals surface area contributed by atoms with Gasteiger partial charge in [-0.05, 0) is 19.8 Å². The van der Waals surface area contributed by atoms with E-state index in [-0.39, 0.29) is 11.6 Å². The van der Waals surface area contributed by atoms with Crippen molar-refractivity contribution in [3.63, 3.8) is 0 Å². The van der Waals surface area contributed by atoms with Crippen LogP contribution in [-0.4, -0.2) is 56.9 Å². The summed E-state index contributed by atoms with van der Waals surface area (Å²) < 4.78 is 0. The van der Waals surface area contributed by atoms with E-state index >= 15 is 0 Å². The van der Waals surface area contributed by atoms with Crippen molar-refractivity contribution in [1.29, 1.82) is 0 Å². The molecule has 1 amide bonds. The fourth-order valence-electron chi connectivity index (χ4n) is 2.89. The molecule has 0 saturated carbocycles. The van der Waals surface area contributed by atoms with Gasteiger partial charge in [-0.25, -0.2) is 14.8 Å². The van der Waals surface area contributed by atoms with E-state index in [1.807, 2.05) is 20.0 Å². The number of nitrogens with one attached hydrogen (secondary N) is 2. The summed E-state index contributed by atoms with van der Waals surface area (Å²) in [4.78, 5) is 40.7. The van der Waals surface area contributed by atoms with Crippen LogP contribution in [0.1, 0.15) is 29.0 Å². The number of aryl methyl sites for hydroxylation is 1. The van der Waals surface area contributed by atoms with Crippen LogP contribution in [0.5, 0.6) is 0 Å². The third-order valence-corrected chi connectivity index (χ3v) is 4.28. The largest absolute Gasteiger partial charge is 0.356 e. The molecule has 2 N–H and O–H groups in total. The highest BCUT2D eigenvalue weighted by molar-refractivity contribution is 5.92. The number of carbonyl (C=O) groups excluding carboxylic acids is 1. The Kier molecular flexibility index (Phi) is 4.14. The average molecular weight is 316 g/mol. The Labute approximate surface area is 133 Å². The van der Waals surface area contributed by atoms with Crippen LogP contribution in [-0.2, 0) is 0 Å². The maximum absolute atomic E-state index is 12.3. The van der Waals surface area contributed by atoms with Gasteiger partial charge < -0.3 is 19.8 Å². The Morgan fingerprint density at radius 3 is 2.70 bits per heavy atom. The van der Waals surface area contributed by atoms with Gasteiger partial charge in [0.25, 0.3) is 5.91 Å². The standard InChI is InChI=1S/C15H20N6O2/c1-10-7-13(18-9-17-10)20(2)11-3-5-21(6-4-11)14(22)12-8-16-15(23)19-12/h7-9,11H,3-6H2,1-2H3,(H2,16,19,23). The first-order valence-corrected chi connectivity index (χ1v) is 7.63. The number of nitrogens with zero attached hydrogens (tertiary/aromatic N) is 4. The summed E-state index contributed by atoms with van der Waals surface area (Å²) in [6.07, 6.45) is 4.72. The lowest BCUT2D eigenvalue weighted by Crippen LogP contribution is -2.46. The number of imidazole rings is 1. The van der Waals surface area contributed by atoms with Gasteiger partial charge in [-0.2, -0.15) is 0 Å². The highest BCUT2D eigenvalue weighted by Crippen LogP contribution is 2.21. The van der Waals surface area contributed by atoms with Crippen molar-refractivity contribution in [1.82, 2.24) is 24.8 Å². The minimum Gasteiger partial charge on any atom is -0.356 e. The molecule has 23 heavy (non-hydrogen) atoms. The number of hydrogen-bond acceptors (Lipinski definition) is 5. The van der Waals surface area contributed by atoms with E-state index in [1.165, 1.54) is 6.20 Å². The maximum Gasteiger partial charge on any atom is 0.323 e. The Balaban J connectivity index is 1.62. The normalized spacial score (nSPS) is 15.7. The molecule has 0 bridgehead atoms. The molecular formula is C15H20N6O2. The molecule has 0 radical (unpaired) electrons. The molecule has 3 heterocycles. The van der Waals surface area contributed by atoms with Gasteiger partial charge in [0.15, 0.2) is 0 Å². The van der Waals surface area contributed by atoms with Crippen LogP contribution in [0, 0.1) is 6.92 Å². The number of hydrogen-bond donors (Lipinski definition) is 2. The molecule has 3 rings (SSSR count). The zero-order valence-electron chi connectivity index (χ0n) is 13.2. The maximum atomic E-state index is 12.3. The van der Waals surface area contributed by atoms with Crippen LogP contribution in [0.2, 0.25) is 0 Å². The van der Waals surface area contributed by atoms with Gasteiger partial charge in [-0.3, -0.25) is 4.79 Å². The summed E-state index contributed by atoms with van der Waals surface area (Å²) in [5, 5.41) is 0. The molecule has 122 valence electrons. The number of H-pyrrole nitrogens is 2. The number of rotatable bonds is 3. The summed E-state index contributed by atoms with van der Waals surface area (Å²) in [5.41, 5.74) is 0.890. The number of likely N-dealkylation sites (tertiary alicyclic amines) is 1. The Morgan fingerprint density at radius 2 is 2.09 bits per heavy atom. The fraction of sp³-hybridized carbons (Fsp3) is 0.467. The Bertz CT molecular complexity index is 744. The highest BCUT2D eigenvalue weighted by atomic mass is 16.2. The lowest BCUT2D eigenvalue weighted by atomic mass is 10.0. The lowest BCUT2D eigenvalue weighted by molar-refractivity contribution is 0.0707. The van der Waals surface area contributed by atoms with Crippen LogP contribution >= 0.6 is 0 Å². The minimum atomic E-state index is -0.359. The van der Waals surface area contributed by atoms with Crippen LogP contribution in [0.3, 0.4) is 0 Å². The smallest absolute Gasteiger partial charge is 0.323 e. The zero-order chi connectivity index (χ0) is 16.4. The van der Waals surface area contributed by atoms with Crippen molar-refractivity contribution in [2.45, 2.75) is 25.8 Å². The van der Waals surface area contributed by atoms with Crippen molar-refractivity contribution in [3.8, 4) is 0 Å². The number of piperidine rings is 1. The second-order valence-electron chi connectivity index (χ2n) is 5.81. The molecule has 8 heteroatoms. The third-order valence-electron chi connectivity index (χ3n) is 4.28. The molecule has 0 unspecified atom stereocenters. The second kappa shape index (κ2) is 6.23. The lowest BCUT2D eigenvalue weighted by Gasteiger charge is -2.37. The van der Waals surface area contributed by atoms with Crippen LogP contribution in [0.25, 0.3) is 0 Å². The van der Waals surface area contributed by atoms with E-state index in [2.05, 4.69) is 24.8 Å². The number of aromatic nitrogens is 4. The molecule has 1 fully saturated rings. The topological polar surface area (TPSA) is 98.0 Å². The Hall–Kier alpha value is -2.64. The third kappa shape index (κ3) is 3.25. The van der Waals surface area contributed by atoms with Crippen LogP contribution in [0.15, 0.2) is 23.4 Å². The number of amides is 1. The van der Waals surface area contributed by atoms with Gasteiger partial charge in [0, 0.05) is 44.1 Å². The van der Waals surface area contributed by atoms with Gasteiger partial charge >= 0.3 is 5.69 Å². The van der Waals surface area contributed by atoms with Crippen molar-refractivity contribution < 1.29 is 4.79 Å². The van der Waals surface area contributed by atoms with Gasteiger partial charge in [-0.15, -0.1) is 0 Å². The van der Waals surface area contributed by atoms with Crippen molar-refractivity contribution >= 4 is 11.7 Å². The first-order valence-electron chi connectivity index (χ1n) is 7.63. The van der Waals surface area contributed by atoms with Gasteiger partial charge in [-0.1, -0.05) is 0 Å². The summed E-state index contributed by atoms with van der Waals surface area (Å²) in [6, 6.07) is 2.29. The quantitative estimate of drug-likeness (QED) is 0.861. The van der Waals surface area contributed by atoms with E-state index in [4.69, 9.17) is 0 Å². The van der Waals surface area contributed by atoms with Gasteiger partial charge in [0.2, 0.25) is 0 Å². The van der Waals surface area contributed by atoms with Gasteiger partial charge in [0.1, 0.15) is 17.8 Å². The first kappa shape index (κ1) is 15.3. The minimum absolute atomic E-state index is 0.137. The molecule has 1 aliphatic rings. The first-order chi connectivity index (χ1) is 11.0. The van der Waals surface area contributed by atoms with Crippen molar-refractivity contribution in [2.24, 2.45) is 0 Å². The number of anilines is 1. The molecule has 8 nitrogen and oxygen atoms in total. The molecule has 0 aliphatic carbocycles. The Morgan fingerprint density at radius 1 is 1.35 bits per heavy atom. The van der Waals surface area contributed by atoms with E-state index < -0.39 is 0 Å². The predicted molar refractivity (Wildman–Crippen MR) is 85.5 cm³/mol. The second-order valence-corrected chi connectivity index (χ2v) is 5.81. The molecule has 0 spiro atoms. The van der Waals surface area contributed by atoms with E-state index in [9.17, 15) is 9.59 Å². The van der Waals surface area contributed by atoms with Crippen molar-refractivity contribution in [2.75, 3.05) is 25.0 Å². The summed E-state index contributed by atoms with van der Waals surface area (Å²) in [5.74, 6) is 0.763. The molecule has 1 aliphatic heterocycles. The zero-order valence-corrected chi connectivity index (χ0v) is 13.2. The van der Waals surface area contributed by atoms with Crippen LogP contribution < -0.4 is 10.6 Å². The fourth-order valence-corrected chi connectivity index (χ4v) is 2.89. The predicted octanol–water partition coefficient (Wildman–Crippen LogP) is 0.542. The van der Waals surface area contributed by atoms with Crippen LogP contribution in [0.4, 0.5) is 5.82 Å².